The standard InChI is InChI=1S/C20H18ClFN4O3/c1-2-28-17-10-13(9-14(11-23)19(27)26-7-3-4-8-26)5-6-16(17)29-18-15(22)12-24-20(21)25-18/h5-6,9-10,12H,2-4,7-8H2,1H3/b14-9+. The summed E-state index contributed by atoms with van der Waals surface area (Å²) >= 11 is 5.69. The van der Waals surface area contributed by atoms with Crippen molar-refractivity contribution in [2.45, 2.75) is 19.8 Å². The van der Waals surface area contributed by atoms with E-state index in [2.05, 4.69) is 9.97 Å². The van der Waals surface area contributed by atoms with Crippen LogP contribution in [-0.4, -0.2) is 40.5 Å². The van der Waals surface area contributed by atoms with Crippen LogP contribution in [0.3, 0.4) is 0 Å². The number of ether oxygens (including phenoxy) is 2. The second-order valence-electron chi connectivity index (χ2n) is 6.20. The van der Waals surface area contributed by atoms with E-state index in [0.29, 0.717) is 31.0 Å². The number of rotatable bonds is 6. The van der Waals surface area contributed by atoms with Gasteiger partial charge in [-0.25, -0.2) is 4.98 Å². The smallest absolute Gasteiger partial charge is 0.264 e. The fourth-order valence-corrected chi connectivity index (χ4v) is 3.00. The molecule has 1 saturated heterocycles. The SMILES string of the molecule is CCOc1cc(/C=C(\C#N)C(=O)N2CCCC2)ccc1Oc1nc(Cl)ncc1F. The number of benzene rings is 1. The molecule has 3 rings (SSSR count). The van der Waals surface area contributed by atoms with Gasteiger partial charge >= 0.3 is 0 Å². The van der Waals surface area contributed by atoms with E-state index in [1.165, 1.54) is 6.08 Å². The molecule has 1 aromatic heterocycles. The van der Waals surface area contributed by atoms with Gasteiger partial charge < -0.3 is 14.4 Å². The maximum absolute atomic E-state index is 13.9. The van der Waals surface area contributed by atoms with E-state index in [0.717, 1.165) is 19.0 Å². The number of carbonyl (C=O) groups is 1. The van der Waals surface area contributed by atoms with E-state index in [1.807, 2.05) is 6.07 Å². The summed E-state index contributed by atoms with van der Waals surface area (Å²) in [5.41, 5.74) is 0.614. The topological polar surface area (TPSA) is 88.3 Å². The minimum absolute atomic E-state index is 0.0386. The summed E-state index contributed by atoms with van der Waals surface area (Å²) in [6.07, 6.45) is 4.28. The molecule has 0 bridgehead atoms. The molecule has 0 atom stereocenters. The average Bonchev–Trinajstić information content (AvgIpc) is 3.25. The highest BCUT2D eigenvalue weighted by Crippen LogP contribution is 2.33. The van der Waals surface area contributed by atoms with Gasteiger partial charge in [-0.15, -0.1) is 0 Å². The summed E-state index contributed by atoms with van der Waals surface area (Å²) in [7, 11) is 0. The van der Waals surface area contributed by atoms with Gasteiger partial charge in [0.25, 0.3) is 11.8 Å². The monoisotopic (exact) mass is 416 g/mol. The van der Waals surface area contributed by atoms with Crippen molar-refractivity contribution in [3.05, 3.63) is 46.6 Å². The van der Waals surface area contributed by atoms with Crippen molar-refractivity contribution in [1.29, 1.82) is 5.26 Å². The number of aromatic nitrogens is 2. The molecule has 1 fully saturated rings. The lowest BCUT2D eigenvalue weighted by Crippen LogP contribution is -2.28. The van der Waals surface area contributed by atoms with Crippen molar-refractivity contribution in [1.82, 2.24) is 14.9 Å². The molecule has 0 spiro atoms. The van der Waals surface area contributed by atoms with Crippen LogP contribution in [0, 0.1) is 17.1 Å². The molecule has 1 amide bonds. The minimum Gasteiger partial charge on any atom is -0.490 e. The lowest BCUT2D eigenvalue weighted by molar-refractivity contribution is -0.125. The molecular weight excluding hydrogens is 399 g/mol. The van der Waals surface area contributed by atoms with E-state index in [-0.39, 0.29) is 28.4 Å². The molecule has 0 aliphatic carbocycles. The largest absolute Gasteiger partial charge is 0.490 e. The third kappa shape index (κ3) is 5.00. The molecule has 9 heteroatoms. The van der Waals surface area contributed by atoms with Crippen LogP contribution in [0.4, 0.5) is 4.39 Å². The van der Waals surface area contributed by atoms with Crippen LogP contribution in [0.15, 0.2) is 30.0 Å². The van der Waals surface area contributed by atoms with Gasteiger partial charge in [-0.3, -0.25) is 4.79 Å². The number of carbonyl (C=O) groups excluding carboxylic acids is 1. The lowest BCUT2D eigenvalue weighted by atomic mass is 10.1. The Hall–Kier alpha value is -3.18. The van der Waals surface area contributed by atoms with Gasteiger partial charge in [0, 0.05) is 13.1 Å². The van der Waals surface area contributed by atoms with Gasteiger partial charge in [-0.05, 0) is 55.1 Å². The summed E-state index contributed by atoms with van der Waals surface area (Å²) in [5.74, 6) is -0.885. The molecule has 1 aromatic carbocycles. The van der Waals surface area contributed by atoms with Gasteiger partial charge in [-0.1, -0.05) is 6.07 Å². The molecule has 0 N–H and O–H groups in total. The zero-order chi connectivity index (χ0) is 20.8. The Bertz CT molecular complexity index is 984. The van der Waals surface area contributed by atoms with Crippen molar-refractivity contribution < 1.29 is 18.7 Å². The number of likely N-dealkylation sites (tertiary alicyclic amines) is 1. The van der Waals surface area contributed by atoms with Crippen molar-refractivity contribution in [2.24, 2.45) is 0 Å². The van der Waals surface area contributed by atoms with Crippen molar-refractivity contribution >= 4 is 23.6 Å². The Labute approximate surface area is 172 Å². The third-order valence-electron chi connectivity index (χ3n) is 4.21. The van der Waals surface area contributed by atoms with E-state index >= 15 is 0 Å². The Balaban J connectivity index is 1.89. The summed E-state index contributed by atoms with van der Waals surface area (Å²) in [6, 6.07) is 6.74. The fraction of sp³-hybridized carbons (Fsp3) is 0.300. The second-order valence-corrected chi connectivity index (χ2v) is 6.54. The van der Waals surface area contributed by atoms with Crippen LogP contribution in [0.5, 0.6) is 17.4 Å². The van der Waals surface area contributed by atoms with E-state index in [4.69, 9.17) is 21.1 Å². The number of hydrogen-bond acceptors (Lipinski definition) is 6. The van der Waals surface area contributed by atoms with E-state index < -0.39 is 5.82 Å². The number of nitriles is 1. The Morgan fingerprint density at radius 1 is 1.38 bits per heavy atom. The van der Waals surface area contributed by atoms with Gasteiger partial charge in [-0.2, -0.15) is 14.6 Å². The summed E-state index contributed by atoms with van der Waals surface area (Å²) in [5, 5.41) is 9.25. The van der Waals surface area contributed by atoms with Crippen molar-refractivity contribution in [3.8, 4) is 23.4 Å². The first-order chi connectivity index (χ1) is 14.0. The van der Waals surface area contributed by atoms with Crippen LogP contribution in [0.2, 0.25) is 5.28 Å². The molecule has 29 heavy (non-hydrogen) atoms. The molecule has 150 valence electrons. The first-order valence-electron chi connectivity index (χ1n) is 9.05. The quantitative estimate of drug-likeness (QED) is 0.402. The highest BCUT2D eigenvalue weighted by molar-refractivity contribution is 6.28. The van der Waals surface area contributed by atoms with E-state index in [9.17, 15) is 14.4 Å². The van der Waals surface area contributed by atoms with Crippen LogP contribution >= 0.6 is 11.6 Å². The van der Waals surface area contributed by atoms with Gasteiger partial charge in [0.15, 0.2) is 11.5 Å². The van der Waals surface area contributed by atoms with Crippen LogP contribution in [-0.2, 0) is 4.79 Å². The minimum atomic E-state index is -0.774. The predicted molar refractivity (Wildman–Crippen MR) is 104 cm³/mol. The first kappa shape index (κ1) is 20.6. The molecule has 2 heterocycles. The van der Waals surface area contributed by atoms with Crippen LogP contribution < -0.4 is 9.47 Å². The first-order valence-corrected chi connectivity index (χ1v) is 9.43. The van der Waals surface area contributed by atoms with Gasteiger partial charge in [0.05, 0.1) is 12.8 Å². The number of amides is 1. The maximum Gasteiger partial charge on any atom is 0.264 e. The highest BCUT2D eigenvalue weighted by atomic mass is 35.5. The number of hydrogen-bond donors (Lipinski definition) is 0. The highest BCUT2D eigenvalue weighted by Gasteiger charge is 2.21. The summed E-state index contributed by atoms with van der Waals surface area (Å²) in [4.78, 5) is 21.4. The summed E-state index contributed by atoms with van der Waals surface area (Å²) in [6.45, 7) is 3.42. The number of nitrogens with zero attached hydrogens (tertiary/aromatic N) is 4. The molecule has 2 aromatic rings. The Kier molecular flexibility index (Phi) is 6.62. The van der Waals surface area contributed by atoms with Crippen LogP contribution in [0.25, 0.3) is 6.08 Å². The molecular formula is C20H18ClFN4O3. The maximum atomic E-state index is 13.9. The normalized spacial score (nSPS) is 13.9. The van der Waals surface area contributed by atoms with Crippen LogP contribution in [0.1, 0.15) is 25.3 Å². The molecule has 7 nitrogen and oxygen atoms in total. The van der Waals surface area contributed by atoms with Crippen molar-refractivity contribution in [2.75, 3.05) is 19.7 Å². The second kappa shape index (κ2) is 9.34. The predicted octanol–water partition coefficient (Wildman–Crippen LogP) is 3.99. The van der Waals surface area contributed by atoms with E-state index in [1.54, 1.807) is 30.0 Å². The zero-order valence-electron chi connectivity index (χ0n) is 15.7. The summed E-state index contributed by atoms with van der Waals surface area (Å²) < 4.78 is 24.9. The molecule has 0 saturated carbocycles. The Morgan fingerprint density at radius 3 is 2.83 bits per heavy atom. The lowest BCUT2D eigenvalue weighted by Gasteiger charge is -2.14. The Morgan fingerprint density at radius 2 is 2.14 bits per heavy atom. The van der Waals surface area contributed by atoms with Gasteiger partial charge in [0.1, 0.15) is 11.6 Å². The van der Waals surface area contributed by atoms with Gasteiger partial charge in [0.2, 0.25) is 11.1 Å². The molecule has 0 radical (unpaired) electrons. The molecule has 1 aliphatic heterocycles. The zero-order valence-corrected chi connectivity index (χ0v) is 16.4. The fourth-order valence-electron chi connectivity index (χ4n) is 2.87. The number of halogens is 2. The average molecular weight is 417 g/mol. The van der Waals surface area contributed by atoms with Crippen molar-refractivity contribution in [3.63, 3.8) is 0 Å². The third-order valence-corrected chi connectivity index (χ3v) is 4.39. The molecule has 0 unspecified atom stereocenters. The molecule has 1 aliphatic rings.